The van der Waals surface area contributed by atoms with E-state index in [-0.39, 0.29) is 17.4 Å². The van der Waals surface area contributed by atoms with E-state index >= 15 is 0 Å². The maximum absolute atomic E-state index is 13.6. The van der Waals surface area contributed by atoms with E-state index in [2.05, 4.69) is 11.8 Å². The maximum atomic E-state index is 13.6. The van der Waals surface area contributed by atoms with Crippen LogP contribution >= 0.6 is 0 Å². The van der Waals surface area contributed by atoms with Crippen molar-refractivity contribution in [1.29, 1.82) is 0 Å². The second-order valence-corrected chi connectivity index (χ2v) is 11.1. The van der Waals surface area contributed by atoms with Crippen molar-refractivity contribution >= 4 is 17.4 Å². The number of nitrogens with zero attached hydrogens (tertiary/aromatic N) is 2. The van der Waals surface area contributed by atoms with Gasteiger partial charge in [0.15, 0.2) is 11.5 Å². The molecule has 1 N–H and O–H groups in total. The third kappa shape index (κ3) is 6.42. The Morgan fingerprint density at radius 1 is 1.00 bits per heavy atom. The number of aliphatic hydroxyl groups excluding tert-OH is 1. The molecular formula is C33H42N2O7. The summed E-state index contributed by atoms with van der Waals surface area (Å²) < 4.78 is 23.3. The van der Waals surface area contributed by atoms with Crippen molar-refractivity contribution in [3.63, 3.8) is 0 Å². The third-order valence-corrected chi connectivity index (χ3v) is 8.06. The molecule has 3 aliphatic rings. The van der Waals surface area contributed by atoms with Crippen molar-refractivity contribution in [3.05, 3.63) is 58.7 Å². The number of ether oxygens (including phenoxy) is 4. The zero-order valence-corrected chi connectivity index (χ0v) is 24.9. The SMILES string of the molecule is CCCCCOc1ccc([C@H]2/C(=C(\O)c3ccc4c(c3)C[C@H](C)O4)C(=O)C(=O)N2CCN2CCOCC2)cc1OCC. The van der Waals surface area contributed by atoms with Gasteiger partial charge in [0.25, 0.3) is 11.7 Å². The number of morpholine rings is 1. The number of fused-ring (bicyclic) bond motifs is 1. The van der Waals surface area contributed by atoms with Crippen LogP contribution in [-0.2, 0) is 20.7 Å². The number of rotatable bonds is 12. The van der Waals surface area contributed by atoms with E-state index in [1.165, 1.54) is 0 Å². The highest BCUT2D eigenvalue weighted by Crippen LogP contribution is 2.43. The maximum Gasteiger partial charge on any atom is 0.295 e. The average molecular weight is 579 g/mol. The smallest absolute Gasteiger partial charge is 0.295 e. The lowest BCUT2D eigenvalue weighted by Gasteiger charge is -2.31. The fraction of sp³-hybridized carbons (Fsp3) is 0.515. The first-order valence-corrected chi connectivity index (χ1v) is 15.2. The molecule has 0 aliphatic carbocycles. The minimum Gasteiger partial charge on any atom is -0.507 e. The first-order chi connectivity index (χ1) is 20.4. The van der Waals surface area contributed by atoms with Gasteiger partial charge in [0.2, 0.25) is 0 Å². The van der Waals surface area contributed by atoms with E-state index < -0.39 is 17.7 Å². The van der Waals surface area contributed by atoms with Gasteiger partial charge in [0.1, 0.15) is 17.6 Å². The normalized spacial score (nSPS) is 21.8. The second-order valence-electron chi connectivity index (χ2n) is 11.1. The van der Waals surface area contributed by atoms with Crippen molar-refractivity contribution in [2.75, 3.05) is 52.6 Å². The number of hydrogen-bond acceptors (Lipinski definition) is 8. The lowest BCUT2D eigenvalue weighted by molar-refractivity contribution is -0.140. The number of carbonyl (C=O) groups excluding carboxylic acids is 2. The van der Waals surface area contributed by atoms with Gasteiger partial charge in [-0.25, -0.2) is 0 Å². The van der Waals surface area contributed by atoms with E-state index in [0.717, 1.165) is 43.7 Å². The molecule has 0 saturated carbocycles. The summed E-state index contributed by atoms with van der Waals surface area (Å²) in [5, 5.41) is 11.6. The zero-order chi connectivity index (χ0) is 29.6. The third-order valence-electron chi connectivity index (χ3n) is 8.06. The van der Waals surface area contributed by atoms with Crippen molar-refractivity contribution < 1.29 is 33.6 Å². The summed E-state index contributed by atoms with van der Waals surface area (Å²) in [6, 6.07) is 10.2. The van der Waals surface area contributed by atoms with Gasteiger partial charge < -0.3 is 29.0 Å². The molecule has 42 heavy (non-hydrogen) atoms. The Morgan fingerprint density at radius 3 is 2.57 bits per heavy atom. The summed E-state index contributed by atoms with van der Waals surface area (Å²) in [6.45, 7) is 10.8. The monoisotopic (exact) mass is 578 g/mol. The Morgan fingerprint density at radius 2 is 1.81 bits per heavy atom. The van der Waals surface area contributed by atoms with E-state index in [1.54, 1.807) is 11.0 Å². The van der Waals surface area contributed by atoms with Gasteiger partial charge in [-0.1, -0.05) is 25.8 Å². The standard InChI is InChI=1S/C33H42N2O7/c1-4-6-7-16-41-27-11-8-23(21-28(27)40-5-2)30-29(31(36)24-9-10-26-25(20-24)19-22(3)42-26)32(37)33(38)35(30)13-12-34-14-17-39-18-15-34/h8-11,20-22,30,36H,4-7,12-19H2,1-3H3/b31-29+/t22-,30-/m0/s1. The molecule has 1 amide bonds. The molecule has 0 radical (unpaired) electrons. The number of unbranched alkanes of at least 4 members (excludes halogenated alkanes) is 2. The van der Waals surface area contributed by atoms with Crippen LogP contribution in [0, 0.1) is 0 Å². The molecule has 2 atom stereocenters. The number of ketones is 1. The number of carbonyl (C=O) groups is 2. The van der Waals surface area contributed by atoms with Crippen LogP contribution in [0.15, 0.2) is 42.0 Å². The van der Waals surface area contributed by atoms with Gasteiger partial charge in [-0.3, -0.25) is 14.5 Å². The van der Waals surface area contributed by atoms with Crippen LogP contribution in [0.2, 0.25) is 0 Å². The van der Waals surface area contributed by atoms with Crippen molar-refractivity contribution in [2.24, 2.45) is 0 Å². The second kappa shape index (κ2) is 13.6. The molecule has 9 heteroatoms. The summed E-state index contributed by atoms with van der Waals surface area (Å²) >= 11 is 0. The van der Waals surface area contributed by atoms with Crippen LogP contribution in [0.25, 0.3) is 5.76 Å². The minimum absolute atomic E-state index is 0.0443. The highest BCUT2D eigenvalue weighted by molar-refractivity contribution is 6.46. The van der Waals surface area contributed by atoms with Gasteiger partial charge in [-0.15, -0.1) is 0 Å². The predicted molar refractivity (Wildman–Crippen MR) is 159 cm³/mol. The number of hydrogen-bond donors (Lipinski definition) is 1. The molecule has 0 unspecified atom stereocenters. The van der Waals surface area contributed by atoms with Gasteiger partial charge in [0.05, 0.1) is 38.0 Å². The molecule has 0 aromatic heterocycles. The number of aliphatic hydroxyl groups is 1. The highest BCUT2D eigenvalue weighted by atomic mass is 16.5. The molecule has 5 rings (SSSR count). The zero-order valence-electron chi connectivity index (χ0n) is 24.9. The number of Topliss-reactive ketones (excluding diaryl/α,β-unsaturated/α-hetero) is 1. The summed E-state index contributed by atoms with van der Waals surface area (Å²) in [4.78, 5) is 30.9. The van der Waals surface area contributed by atoms with E-state index in [0.29, 0.717) is 68.6 Å². The largest absolute Gasteiger partial charge is 0.507 e. The Balaban J connectivity index is 1.53. The minimum atomic E-state index is -0.775. The lowest BCUT2D eigenvalue weighted by atomic mass is 9.94. The Kier molecular flexibility index (Phi) is 9.69. The quantitative estimate of drug-likeness (QED) is 0.167. The van der Waals surface area contributed by atoms with Gasteiger partial charge in [-0.2, -0.15) is 0 Å². The molecular weight excluding hydrogens is 536 g/mol. The molecule has 3 heterocycles. The van der Waals surface area contributed by atoms with Crippen LogP contribution in [0.3, 0.4) is 0 Å². The fourth-order valence-electron chi connectivity index (χ4n) is 5.87. The van der Waals surface area contributed by atoms with Gasteiger partial charge in [-0.05, 0) is 61.7 Å². The summed E-state index contributed by atoms with van der Waals surface area (Å²) in [5.74, 6) is 0.446. The molecule has 2 fully saturated rings. The Bertz CT molecular complexity index is 1320. The van der Waals surface area contributed by atoms with Gasteiger partial charge >= 0.3 is 0 Å². The lowest BCUT2D eigenvalue weighted by Crippen LogP contribution is -2.42. The molecule has 2 saturated heterocycles. The molecule has 2 aromatic carbocycles. The molecule has 9 nitrogen and oxygen atoms in total. The molecule has 0 spiro atoms. The van der Waals surface area contributed by atoms with Crippen LogP contribution in [0.1, 0.15) is 62.8 Å². The van der Waals surface area contributed by atoms with E-state index in [4.69, 9.17) is 18.9 Å². The topological polar surface area (TPSA) is 97.8 Å². The van der Waals surface area contributed by atoms with Crippen LogP contribution in [-0.4, -0.2) is 85.3 Å². The fourth-order valence-corrected chi connectivity index (χ4v) is 5.87. The predicted octanol–water partition coefficient (Wildman–Crippen LogP) is 4.73. The van der Waals surface area contributed by atoms with Crippen molar-refractivity contribution in [1.82, 2.24) is 9.80 Å². The first-order valence-electron chi connectivity index (χ1n) is 15.2. The molecule has 3 aliphatic heterocycles. The number of benzene rings is 2. The summed E-state index contributed by atoms with van der Waals surface area (Å²) in [7, 11) is 0. The Labute approximate surface area is 248 Å². The van der Waals surface area contributed by atoms with Gasteiger partial charge in [0, 0.05) is 38.2 Å². The van der Waals surface area contributed by atoms with Crippen LogP contribution < -0.4 is 14.2 Å². The number of amides is 1. The van der Waals surface area contributed by atoms with E-state index in [9.17, 15) is 14.7 Å². The van der Waals surface area contributed by atoms with E-state index in [1.807, 2.05) is 44.2 Å². The Hall–Kier alpha value is -3.56. The molecule has 226 valence electrons. The summed E-state index contributed by atoms with van der Waals surface area (Å²) in [6.07, 6.45) is 3.87. The van der Waals surface area contributed by atoms with Crippen molar-refractivity contribution in [3.8, 4) is 17.2 Å². The van der Waals surface area contributed by atoms with Crippen LogP contribution in [0.4, 0.5) is 0 Å². The summed E-state index contributed by atoms with van der Waals surface area (Å²) in [5.41, 5.74) is 2.21. The molecule has 2 aromatic rings. The first kappa shape index (κ1) is 29.9. The molecule has 0 bridgehead atoms. The average Bonchev–Trinajstić information content (AvgIpc) is 3.50. The number of likely N-dealkylation sites (tertiary alicyclic amines) is 1. The highest BCUT2D eigenvalue weighted by Gasteiger charge is 2.46. The van der Waals surface area contributed by atoms with Crippen LogP contribution in [0.5, 0.6) is 17.2 Å². The van der Waals surface area contributed by atoms with Crippen molar-refractivity contribution in [2.45, 2.75) is 58.6 Å².